The van der Waals surface area contributed by atoms with Crippen LogP contribution in [0, 0.1) is 3.57 Å². The molecule has 0 fully saturated rings. The number of carbonyl (C=O) groups is 2. The van der Waals surface area contributed by atoms with Crippen LogP contribution in [0.4, 0.5) is 4.79 Å². The van der Waals surface area contributed by atoms with E-state index < -0.39 is 18.1 Å². The van der Waals surface area contributed by atoms with Gasteiger partial charge in [0.25, 0.3) is 0 Å². The minimum Gasteiger partial charge on any atom is -0.480 e. The molecule has 3 aromatic rings. The summed E-state index contributed by atoms with van der Waals surface area (Å²) in [5.41, 5.74) is 5.72. The van der Waals surface area contributed by atoms with Crippen molar-refractivity contribution >= 4 is 51.9 Å². The Morgan fingerprint density at radius 1 is 0.973 bits per heavy atom. The second-order valence-corrected chi connectivity index (χ2v) is 10.7. The van der Waals surface area contributed by atoms with Gasteiger partial charge < -0.3 is 20.5 Å². The van der Waals surface area contributed by atoms with Gasteiger partial charge in [0, 0.05) is 22.5 Å². The number of nitrogens with one attached hydrogen (secondary N) is 2. The van der Waals surface area contributed by atoms with E-state index in [1.165, 1.54) is 9.13 Å². The summed E-state index contributed by atoms with van der Waals surface area (Å²) in [4.78, 5) is 24.9. The minimum atomic E-state index is -1.09. The van der Waals surface area contributed by atoms with E-state index in [0.29, 0.717) is 13.0 Å². The van der Waals surface area contributed by atoms with Crippen molar-refractivity contribution in [2.75, 3.05) is 13.2 Å². The van der Waals surface area contributed by atoms with Crippen molar-refractivity contribution in [3.8, 4) is 11.1 Å². The maximum Gasteiger partial charge on any atom is 0.407 e. The van der Waals surface area contributed by atoms with Crippen LogP contribution < -0.4 is 10.6 Å². The molecule has 0 heterocycles. The Morgan fingerprint density at radius 2 is 1.59 bits per heavy atom. The van der Waals surface area contributed by atoms with E-state index in [4.69, 9.17) is 17.0 Å². The molecular formula is C29H29IN2O4S. The first-order chi connectivity index (χ1) is 17.9. The Labute approximate surface area is 236 Å². The van der Waals surface area contributed by atoms with Crippen LogP contribution in [0.3, 0.4) is 0 Å². The van der Waals surface area contributed by atoms with Crippen molar-refractivity contribution in [3.05, 3.63) is 93.1 Å². The van der Waals surface area contributed by atoms with Crippen molar-refractivity contribution < 1.29 is 19.4 Å². The lowest BCUT2D eigenvalue weighted by atomic mass is 9.98. The van der Waals surface area contributed by atoms with E-state index >= 15 is 0 Å². The SMILES string of the molecule is O=C(N[C@H](CCCNC(=S)CCc1ccc(I)cc1)C(=O)O)OCC1c2ccccc2-c2ccccc21. The quantitative estimate of drug-likeness (QED) is 0.139. The van der Waals surface area contributed by atoms with Crippen molar-refractivity contribution in [2.24, 2.45) is 0 Å². The third kappa shape index (κ3) is 7.29. The van der Waals surface area contributed by atoms with E-state index in [1.807, 2.05) is 36.4 Å². The Morgan fingerprint density at radius 3 is 2.22 bits per heavy atom. The molecule has 0 bridgehead atoms. The van der Waals surface area contributed by atoms with Gasteiger partial charge >= 0.3 is 12.1 Å². The first-order valence-electron chi connectivity index (χ1n) is 12.3. The first-order valence-corrected chi connectivity index (χ1v) is 13.8. The Balaban J connectivity index is 1.20. The molecule has 3 N–H and O–H groups in total. The number of hydrogen-bond donors (Lipinski definition) is 3. The van der Waals surface area contributed by atoms with Crippen LogP contribution in [0.15, 0.2) is 72.8 Å². The van der Waals surface area contributed by atoms with Crippen LogP contribution in [-0.2, 0) is 16.0 Å². The number of fused-ring (bicyclic) bond motifs is 3. The molecule has 0 saturated carbocycles. The van der Waals surface area contributed by atoms with Crippen LogP contribution in [0.5, 0.6) is 0 Å². The smallest absolute Gasteiger partial charge is 0.407 e. The predicted octanol–water partition coefficient (Wildman–Crippen LogP) is 5.91. The lowest BCUT2D eigenvalue weighted by Gasteiger charge is -2.17. The monoisotopic (exact) mass is 628 g/mol. The van der Waals surface area contributed by atoms with Gasteiger partial charge in [-0.15, -0.1) is 0 Å². The molecule has 0 spiro atoms. The van der Waals surface area contributed by atoms with E-state index in [1.54, 1.807) is 0 Å². The summed E-state index contributed by atoms with van der Waals surface area (Å²) in [5.74, 6) is -1.17. The molecule has 0 radical (unpaired) electrons. The van der Waals surface area contributed by atoms with Crippen molar-refractivity contribution in [1.29, 1.82) is 0 Å². The van der Waals surface area contributed by atoms with Crippen LogP contribution in [0.25, 0.3) is 11.1 Å². The third-order valence-corrected chi connectivity index (χ3v) is 7.55. The molecule has 1 aliphatic rings. The summed E-state index contributed by atoms with van der Waals surface area (Å²) >= 11 is 7.68. The van der Waals surface area contributed by atoms with E-state index in [2.05, 4.69) is 69.6 Å². The standard InChI is InChI=1S/C29H29IN2O4S/c30-20-14-11-19(12-15-20)13-16-27(37)31-17-5-10-26(28(33)34)32-29(35)36-18-25-23-8-3-1-6-21(23)22-7-2-4-9-24(22)25/h1-4,6-9,11-12,14-15,25-26H,5,10,13,16-18H2,(H,31,37)(H,32,35)(H,33,34)/t26-/m1/s1. The second-order valence-electron chi connectivity index (χ2n) is 8.98. The number of ether oxygens (including phenoxy) is 1. The molecule has 1 aliphatic carbocycles. The van der Waals surface area contributed by atoms with Gasteiger partial charge in [0.1, 0.15) is 12.6 Å². The minimum absolute atomic E-state index is 0.0776. The number of amides is 1. The van der Waals surface area contributed by atoms with E-state index in [0.717, 1.165) is 40.1 Å². The zero-order valence-electron chi connectivity index (χ0n) is 20.3. The number of aryl methyl sites for hydroxylation is 1. The van der Waals surface area contributed by atoms with Gasteiger partial charge in [-0.05, 0) is 81.8 Å². The molecule has 1 amide bonds. The fourth-order valence-electron chi connectivity index (χ4n) is 4.57. The maximum atomic E-state index is 12.5. The highest BCUT2D eigenvalue weighted by atomic mass is 127. The average Bonchev–Trinajstić information content (AvgIpc) is 3.22. The van der Waals surface area contributed by atoms with Crippen molar-refractivity contribution in [1.82, 2.24) is 10.6 Å². The number of carboxylic acid groups (broad SMARTS) is 1. The molecule has 3 aromatic carbocycles. The summed E-state index contributed by atoms with van der Waals surface area (Å²) in [6.45, 7) is 0.685. The lowest BCUT2D eigenvalue weighted by Crippen LogP contribution is -2.42. The Bertz CT molecular complexity index is 1220. The van der Waals surface area contributed by atoms with Crippen LogP contribution in [0.1, 0.15) is 41.9 Å². The molecule has 192 valence electrons. The van der Waals surface area contributed by atoms with E-state index in [9.17, 15) is 14.7 Å². The first kappa shape index (κ1) is 27.1. The lowest BCUT2D eigenvalue weighted by molar-refractivity contribution is -0.139. The topological polar surface area (TPSA) is 87.7 Å². The molecule has 0 unspecified atom stereocenters. The molecule has 0 aliphatic heterocycles. The molecule has 8 heteroatoms. The fourth-order valence-corrected chi connectivity index (χ4v) is 5.13. The van der Waals surface area contributed by atoms with Gasteiger partial charge in [0.2, 0.25) is 0 Å². The molecule has 4 rings (SSSR count). The number of thiocarbonyl (C=S) groups is 1. The summed E-state index contributed by atoms with van der Waals surface area (Å²) in [7, 11) is 0. The Kier molecular flexibility index (Phi) is 9.51. The van der Waals surface area contributed by atoms with Crippen LogP contribution in [0.2, 0.25) is 0 Å². The van der Waals surface area contributed by atoms with Crippen molar-refractivity contribution in [3.63, 3.8) is 0 Å². The normalized spacial score (nSPS) is 12.8. The number of carbonyl (C=O) groups excluding carboxylic acids is 1. The highest BCUT2D eigenvalue weighted by Crippen LogP contribution is 2.44. The molecule has 37 heavy (non-hydrogen) atoms. The van der Waals surface area contributed by atoms with Crippen LogP contribution >= 0.6 is 34.8 Å². The highest BCUT2D eigenvalue weighted by molar-refractivity contribution is 14.1. The van der Waals surface area contributed by atoms with Gasteiger partial charge in [-0.25, -0.2) is 9.59 Å². The van der Waals surface area contributed by atoms with Crippen molar-refractivity contribution in [2.45, 2.75) is 37.6 Å². The largest absolute Gasteiger partial charge is 0.480 e. The summed E-state index contributed by atoms with van der Waals surface area (Å²) in [6.07, 6.45) is 1.67. The number of alkyl carbamates (subject to hydrolysis) is 1. The maximum absolute atomic E-state index is 12.5. The van der Waals surface area contributed by atoms with Gasteiger partial charge in [-0.2, -0.15) is 0 Å². The summed E-state index contributed by atoms with van der Waals surface area (Å²) in [5, 5.41) is 15.3. The number of halogens is 1. The van der Waals surface area contributed by atoms with Gasteiger partial charge in [-0.1, -0.05) is 72.9 Å². The van der Waals surface area contributed by atoms with Gasteiger partial charge in [0.05, 0.1) is 4.99 Å². The third-order valence-electron chi connectivity index (χ3n) is 6.48. The molecule has 0 saturated heterocycles. The Hall–Kier alpha value is -2.98. The van der Waals surface area contributed by atoms with Gasteiger partial charge in [-0.3, -0.25) is 0 Å². The molecule has 1 atom stereocenters. The van der Waals surface area contributed by atoms with E-state index in [-0.39, 0.29) is 18.9 Å². The zero-order chi connectivity index (χ0) is 26.2. The number of carboxylic acids is 1. The van der Waals surface area contributed by atoms with Crippen LogP contribution in [-0.4, -0.2) is 41.4 Å². The highest BCUT2D eigenvalue weighted by Gasteiger charge is 2.29. The number of benzene rings is 3. The molecular weight excluding hydrogens is 599 g/mol. The number of hydrogen-bond acceptors (Lipinski definition) is 4. The number of rotatable bonds is 11. The fraction of sp³-hybridized carbons (Fsp3) is 0.276. The molecule has 6 nitrogen and oxygen atoms in total. The summed E-state index contributed by atoms with van der Waals surface area (Å²) < 4.78 is 6.69. The average molecular weight is 629 g/mol. The second kappa shape index (κ2) is 13.0. The zero-order valence-corrected chi connectivity index (χ0v) is 23.3. The van der Waals surface area contributed by atoms with Gasteiger partial charge in [0.15, 0.2) is 0 Å². The predicted molar refractivity (Wildman–Crippen MR) is 157 cm³/mol. The summed E-state index contributed by atoms with van der Waals surface area (Å²) in [6, 6.07) is 23.4. The molecule has 0 aromatic heterocycles. The number of aliphatic carboxylic acids is 1.